The fourth-order valence-electron chi connectivity index (χ4n) is 2.70. The first kappa shape index (κ1) is 14.7. The summed E-state index contributed by atoms with van der Waals surface area (Å²) in [7, 11) is 0. The van der Waals surface area contributed by atoms with Gasteiger partial charge in [0.1, 0.15) is 6.33 Å². The molecule has 2 saturated heterocycles. The highest BCUT2D eigenvalue weighted by Gasteiger charge is 2.19. The van der Waals surface area contributed by atoms with E-state index in [1.54, 1.807) is 6.33 Å². The van der Waals surface area contributed by atoms with E-state index in [0.29, 0.717) is 13.2 Å². The maximum absolute atomic E-state index is 5.73. The van der Waals surface area contributed by atoms with E-state index in [2.05, 4.69) is 15.4 Å². The van der Waals surface area contributed by atoms with Crippen LogP contribution >= 0.6 is 0 Å². The van der Waals surface area contributed by atoms with Crippen LogP contribution in [0.5, 0.6) is 0 Å². The lowest BCUT2D eigenvalue weighted by Crippen LogP contribution is -2.26. The molecule has 7 heteroatoms. The van der Waals surface area contributed by atoms with Gasteiger partial charge in [-0.05, 0) is 38.5 Å². The minimum Gasteiger partial charge on any atom is -0.356 e. The minimum absolute atomic E-state index is 0.00588. The van der Waals surface area contributed by atoms with Gasteiger partial charge in [-0.15, -0.1) is 0 Å². The number of nitrogens with one attached hydrogen (secondary N) is 1. The average molecular weight is 296 g/mol. The Morgan fingerprint density at radius 2 is 2.05 bits per heavy atom. The van der Waals surface area contributed by atoms with Crippen LogP contribution in [0.3, 0.4) is 0 Å². The van der Waals surface area contributed by atoms with Gasteiger partial charge in [-0.3, -0.25) is 0 Å². The molecule has 0 radical (unpaired) electrons. The number of hydrogen-bond donors (Lipinski definition) is 1. The van der Waals surface area contributed by atoms with Gasteiger partial charge < -0.3 is 19.5 Å². The number of rotatable bonds is 6. The van der Waals surface area contributed by atoms with E-state index >= 15 is 0 Å². The zero-order valence-corrected chi connectivity index (χ0v) is 12.4. The maximum atomic E-state index is 5.73. The normalized spacial score (nSPS) is 26.7. The van der Waals surface area contributed by atoms with Crippen molar-refractivity contribution in [2.75, 3.05) is 31.7 Å². The van der Waals surface area contributed by atoms with E-state index in [-0.39, 0.29) is 12.5 Å². The standard InChI is InChI=1S/C14H24N4O3/c1-3-8-19-12(5-1)18-14(16-11-17-18)15-7-10-21-13-6-2-4-9-20-13/h11-13H,1-10H2,(H,15,16,17). The smallest absolute Gasteiger partial charge is 0.223 e. The predicted octanol–water partition coefficient (Wildman–Crippen LogP) is 1.93. The van der Waals surface area contributed by atoms with E-state index in [0.717, 1.165) is 44.8 Å². The van der Waals surface area contributed by atoms with Crippen LogP contribution in [0.1, 0.15) is 44.8 Å². The van der Waals surface area contributed by atoms with E-state index in [9.17, 15) is 0 Å². The van der Waals surface area contributed by atoms with Crippen LogP contribution in [-0.4, -0.2) is 47.4 Å². The third-order valence-electron chi connectivity index (χ3n) is 3.83. The SMILES string of the molecule is c1nc(NCCOC2CCCCO2)n(C2CCCCO2)n1. The van der Waals surface area contributed by atoms with E-state index in [1.807, 2.05) is 4.68 Å². The van der Waals surface area contributed by atoms with E-state index < -0.39 is 0 Å². The van der Waals surface area contributed by atoms with Gasteiger partial charge in [-0.1, -0.05) is 0 Å². The van der Waals surface area contributed by atoms with Crippen molar-refractivity contribution in [1.29, 1.82) is 0 Å². The Morgan fingerprint density at radius 1 is 1.19 bits per heavy atom. The van der Waals surface area contributed by atoms with Crippen molar-refractivity contribution in [2.24, 2.45) is 0 Å². The minimum atomic E-state index is -0.0416. The van der Waals surface area contributed by atoms with Gasteiger partial charge in [0.15, 0.2) is 12.5 Å². The lowest BCUT2D eigenvalue weighted by Gasteiger charge is -2.24. The molecule has 0 bridgehead atoms. The van der Waals surface area contributed by atoms with Gasteiger partial charge in [0.2, 0.25) is 5.95 Å². The molecule has 0 amide bonds. The molecular formula is C14H24N4O3. The quantitative estimate of drug-likeness (QED) is 0.809. The Hall–Kier alpha value is -1.18. The van der Waals surface area contributed by atoms with Gasteiger partial charge in [0, 0.05) is 19.8 Å². The second kappa shape index (κ2) is 7.72. The Kier molecular flexibility index (Phi) is 5.42. The van der Waals surface area contributed by atoms with Gasteiger partial charge in [0.25, 0.3) is 0 Å². The summed E-state index contributed by atoms with van der Waals surface area (Å²) in [5, 5.41) is 7.52. The van der Waals surface area contributed by atoms with Gasteiger partial charge in [-0.2, -0.15) is 10.1 Å². The summed E-state index contributed by atoms with van der Waals surface area (Å²) in [5.74, 6) is 0.745. The molecular weight excluding hydrogens is 272 g/mol. The summed E-state index contributed by atoms with van der Waals surface area (Å²) in [6.45, 7) is 2.89. The van der Waals surface area contributed by atoms with Crippen LogP contribution in [0.25, 0.3) is 0 Å². The van der Waals surface area contributed by atoms with Crippen molar-refractivity contribution >= 4 is 5.95 Å². The van der Waals surface area contributed by atoms with Crippen LogP contribution < -0.4 is 5.32 Å². The molecule has 2 aliphatic heterocycles. The number of hydrogen-bond acceptors (Lipinski definition) is 6. The van der Waals surface area contributed by atoms with E-state index in [4.69, 9.17) is 14.2 Å². The first-order valence-corrected chi connectivity index (χ1v) is 7.91. The van der Waals surface area contributed by atoms with Gasteiger partial charge >= 0.3 is 0 Å². The van der Waals surface area contributed by atoms with Crippen LogP contribution in [0.2, 0.25) is 0 Å². The highest BCUT2D eigenvalue weighted by atomic mass is 16.7. The molecule has 2 aliphatic rings. The van der Waals surface area contributed by atoms with Gasteiger partial charge in [-0.25, -0.2) is 4.68 Å². The van der Waals surface area contributed by atoms with Crippen molar-refractivity contribution in [3.05, 3.63) is 6.33 Å². The average Bonchev–Trinajstić information content (AvgIpc) is 3.02. The highest BCUT2D eigenvalue weighted by molar-refractivity contribution is 5.23. The molecule has 0 saturated carbocycles. The lowest BCUT2D eigenvalue weighted by atomic mass is 10.2. The molecule has 2 fully saturated rings. The zero-order chi connectivity index (χ0) is 14.3. The summed E-state index contributed by atoms with van der Waals surface area (Å²) in [4.78, 5) is 4.25. The van der Waals surface area contributed by atoms with Crippen molar-refractivity contribution in [1.82, 2.24) is 14.8 Å². The second-order valence-corrected chi connectivity index (χ2v) is 5.44. The number of ether oxygens (including phenoxy) is 3. The first-order chi connectivity index (χ1) is 10.4. The zero-order valence-electron chi connectivity index (χ0n) is 12.4. The molecule has 0 aliphatic carbocycles. The summed E-state index contributed by atoms with van der Waals surface area (Å²) in [6, 6.07) is 0. The molecule has 2 atom stereocenters. The maximum Gasteiger partial charge on any atom is 0.223 e. The Labute approximate surface area is 125 Å². The summed E-state index contributed by atoms with van der Waals surface area (Å²) in [5.41, 5.74) is 0. The largest absolute Gasteiger partial charge is 0.356 e. The van der Waals surface area contributed by atoms with Crippen molar-refractivity contribution in [3.8, 4) is 0 Å². The highest BCUT2D eigenvalue weighted by Crippen LogP contribution is 2.23. The summed E-state index contributed by atoms with van der Waals surface area (Å²) >= 11 is 0. The molecule has 1 aromatic heterocycles. The van der Waals surface area contributed by atoms with Crippen LogP contribution in [0.15, 0.2) is 6.33 Å². The molecule has 2 unspecified atom stereocenters. The third kappa shape index (κ3) is 4.15. The van der Waals surface area contributed by atoms with E-state index in [1.165, 1.54) is 12.8 Å². The number of nitrogens with zero attached hydrogens (tertiary/aromatic N) is 3. The molecule has 21 heavy (non-hydrogen) atoms. The number of aromatic nitrogens is 3. The van der Waals surface area contributed by atoms with Crippen LogP contribution in [0.4, 0.5) is 5.95 Å². The Bertz CT molecular complexity index is 414. The monoisotopic (exact) mass is 296 g/mol. The Balaban J connectivity index is 1.41. The molecule has 1 N–H and O–H groups in total. The molecule has 118 valence electrons. The molecule has 3 rings (SSSR count). The fourth-order valence-corrected chi connectivity index (χ4v) is 2.70. The van der Waals surface area contributed by atoms with Crippen molar-refractivity contribution in [2.45, 2.75) is 51.0 Å². The third-order valence-corrected chi connectivity index (χ3v) is 3.83. The summed E-state index contributed by atoms with van der Waals surface area (Å²) < 4.78 is 18.8. The second-order valence-electron chi connectivity index (χ2n) is 5.44. The van der Waals surface area contributed by atoms with Crippen LogP contribution in [-0.2, 0) is 14.2 Å². The lowest BCUT2D eigenvalue weighted by molar-refractivity contribution is -0.160. The summed E-state index contributed by atoms with van der Waals surface area (Å²) in [6.07, 6.45) is 8.14. The number of anilines is 1. The van der Waals surface area contributed by atoms with Gasteiger partial charge in [0.05, 0.1) is 6.61 Å². The Morgan fingerprint density at radius 3 is 2.81 bits per heavy atom. The first-order valence-electron chi connectivity index (χ1n) is 7.91. The fraction of sp³-hybridized carbons (Fsp3) is 0.857. The van der Waals surface area contributed by atoms with Crippen molar-refractivity contribution in [3.63, 3.8) is 0 Å². The van der Waals surface area contributed by atoms with Crippen LogP contribution in [0, 0.1) is 0 Å². The molecule has 1 aromatic rings. The molecule has 7 nitrogen and oxygen atoms in total. The molecule has 0 spiro atoms. The predicted molar refractivity (Wildman–Crippen MR) is 76.9 cm³/mol. The molecule has 0 aromatic carbocycles. The topological polar surface area (TPSA) is 70.4 Å². The van der Waals surface area contributed by atoms with Crippen molar-refractivity contribution < 1.29 is 14.2 Å². The molecule has 3 heterocycles.